The number of carbonyl (C=O) groups is 2. The second-order valence-corrected chi connectivity index (χ2v) is 8.78. The summed E-state index contributed by atoms with van der Waals surface area (Å²) >= 11 is 0. The Balaban J connectivity index is 1.15. The average Bonchev–Trinajstić information content (AvgIpc) is 3.26. The number of amides is 2. The lowest BCUT2D eigenvalue weighted by Crippen LogP contribution is -2.48. The summed E-state index contributed by atoms with van der Waals surface area (Å²) in [7, 11) is 0. The molecule has 32 heavy (non-hydrogen) atoms. The molecule has 5 rings (SSSR count). The largest absolute Gasteiger partial charge is 0.485 e. The van der Waals surface area contributed by atoms with Crippen LogP contribution < -0.4 is 9.47 Å². The summed E-state index contributed by atoms with van der Waals surface area (Å²) in [4.78, 5) is 29.3. The van der Waals surface area contributed by atoms with E-state index >= 15 is 0 Å². The van der Waals surface area contributed by atoms with Crippen molar-refractivity contribution in [3.05, 3.63) is 60.2 Å². The molecule has 1 spiro atoms. The highest BCUT2D eigenvalue weighted by atomic mass is 16.6. The highest BCUT2D eigenvalue weighted by Gasteiger charge is 2.44. The van der Waals surface area contributed by atoms with Gasteiger partial charge in [0.2, 0.25) is 6.10 Å². The van der Waals surface area contributed by atoms with Crippen LogP contribution >= 0.6 is 0 Å². The van der Waals surface area contributed by atoms with E-state index in [1.165, 1.54) is 0 Å². The molecule has 0 aliphatic carbocycles. The van der Waals surface area contributed by atoms with Crippen LogP contribution in [-0.2, 0) is 9.59 Å². The maximum Gasteiger partial charge on any atom is 0.298 e. The number of para-hydroxylation sites is 2. The molecule has 2 aromatic rings. The Hall–Kier alpha value is -3.46. The Morgan fingerprint density at radius 2 is 1.53 bits per heavy atom. The number of benzene rings is 2. The Labute approximate surface area is 188 Å². The first kappa shape index (κ1) is 20.4. The lowest BCUT2D eigenvalue weighted by molar-refractivity contribution is -0.141. The molecule has 1 unspecified atom stereocenters. The highest BCUT2D eigenvalue weighted by molar-refractivity contribution is 5.94. The maximum absolute atomic E-state index is 13.1. The first-order valence-electron chi connectivity index (χ1n) is 11.2. The summed E-state index contributed by atoms with van der Waals surface area (Å²) in [5, 5.41) is 0. The van der Waals surface area contributed by atoms with Gasteiger partial charge >= 0.3 is 0 Å². The molecule has 2 saturated heterocycles. The van der Waals surface area contributed by atoms with Crippen LogP contribution in [0.2, 0.25) is 0 Å². The maximum atomic E-state index is 13.1. The predicted octanol–water partition coefficient (Wildman–Crippen LogP) is 2.72. The molecule has 6 nitrogen and oxygen atoms in total. The minimum absolute atomic E-state index is 0.0105. The van der Waals surface area contributed by atoms with Crippen molar-refractivity contribution in [2.24, 2.45) is 5.41 Å². The number of fused-ring (bicyclic) bond motifs is 1. The Bertz CT molecular complexity index is 1060. The molecular formula is C26H26N2O4. The quantitative estimate of drug-likeness (QED) is 0.653. The lowest BCUT2D eigenvalue weighted by atomic mass is 9.78. The fourth-order valence-electron chi connectivity index (χ4n) is 4.79. The summed E-state index contributed by atoms with van der Waals surface area (Å²) in [6.45, 7) is 3.04. The van der Waals surface area contributed by atoms with E-state index in [2.05, 4.69) is 11.8 Å². The van der Waals surface area contributed by atoms with Gasteiger partial charge in [0.25, 0.3) is 11.8 Å². The van der Waals surface area contributed by atoms with E-state index in [0.717, 1.165) is 31.4 Å². The molecule has 2 fully saturated rings. The van der Waals surface area contributed by atoms with Gasteiger partial charge in [0, 0.05) is 37.7 Å². The van der Waals surface area contributed by atoms with Gasteiger partial charge in [-0.25, -0.2) is 0 Å². The molecule has 0 aromatic heterocycles. The van der Waals surface area contributed by atoms with Crippen LogP contribution in [0.25, 0.3) is 0 Å². The predicted molar refractivity (Wildman–Crippen MR) is 119 cm³/mol. The van der Waals surface area contributed by atoms with Gasteiger partial charge in [0.1, 0.15) is 6.61 Å². The van der Waals surface area contributed by atoms with E-state index in [4.69, 9.17) is 9.47 Å². The molecule has 6 heteroatoms. The van der Waals surface area contributed by atoms with Crippen molar-refractivity contribution in [3.8, 4) is 23.3 Å². The first-order chi connectivity index (χ1) is 15.6. The van der Waals surface area contributed by atoms with Crippen LogP contribution in [0.4, 0.5) is 0 Å². The first-order valence-corrected chi connectivity index (χ1v) is 11.2. The lowest BCUT2D eigenvalue weighted by Gasteiger charge is -2.38. The van der Waals surface area contributed by atoms with Gasteiger partial charge in [0.15, 0.2) is 11.5 Å². The van der Waals surface area contributed by atoms with E-state index < -0.39 is 6.10 Å². The van der Waals surface area contributed by atoms with Crippen molar-refractivity contribution in [1.29, 1.82) is 0 Å². The monoisotopic (exact) mass is 430 g/mol. The molecular weight excluding hydrogens is 404 g/mol. The minimum atomic E-state index is -0.602. The Morgan fingerprint density at radius 3 is 2.28 bits per heavy atom. The van der Waals surface area contributed by atoms with E-state index in [1.807, 2.05) is 64.4 Å². The SMILES string of the molecule is O=C(C#Cc1ccccc1)N1CCC2(CC1)CCN(C(=O)C1COc3ccccc3O1)C2. The number of nitrogens with zero attached hydrogens (tertiary/aromatic N) is 2. The third-order valence-electron chi connectivity index (χ3n) is 6.73. The third kappa shape index (κ3) is 4.16. The summed E-state index contributed by atoms with van der Waals surface area (Å²) in [6.07, 6.45) is 2.14. The van der Waals surface area contributed by atoms with Crippen LogP contribution in [0.1, 0.15) is 24.8 Å². The summed E-state index contributed by atoms with van der Waals surface area (Å²) < 4.78 is 11.6. The zero-order valence-corrected chi connectivity index (χ0v) is 18.0. The van der Waals surface area contributed by atoms with Gasteiger partial charge in [-0.1, -0.05) is 36.3 Å². The van der Waals surface area contributed by atoms with Crippen molar-refractivity contribution in [1.82, 2.24) is 9.80 Å². The number of rotatable bonds is 1. The number of hydrogen-bond acceptors (Lipinski definition) is 4. The molecule has 3 aliphatic rings. The smallest absolute Gasteiger partial charge is 0.298 e. The molecule has 0 radical (unpaired) electrons. The minimum Gasteiger partial charge on any atom is -0.485 e. The number of ether oxygens (including phenoxy) is 2. The number of carbonyl (C=O) groups excluding carboxylic acids is 2. The van der Waals surface area contributed by atoms with Crippen LogP contribution in [0.5, 0.6) is 11.5 Å². The summed E-state index contributed by atoms with van der Waals surface area (Å²) in [6, 6.07) is 17.0. The van der Waals surface area contributed by atoms with Gasteiger partial charge in [-0.05, 0) is 48.9 Å². The standard InChI is InChI=1S/C26H26N2O4/c29-24(11-10-20-6-2-1-3-7-20)27-15-12-26(13-16-27)14-17-28(19-26)25(30)23-18-31-21-8-4-5-9-22(21)32-23/h1-9,23H,12-19H2. The van der Waals surface area contributed by atoms with E-state index in [0.29, 0.717) is 31.1 Å². The van der Waals surface area contributed by atoms with Crippen LogP contribution in [0, 0.1) is 17.3 Å². The number of likely N-dealkylation sites (tertiary alicyclic amines) is 2. The van der Waals surface area contributed by atoms with Crippen LogP contribution in [-0.4, -0.2) is 60.5 Å². The van der Waals surface area contributed by atoms with Gasteiger partial charge < -0.3 is 19.3 Å². The number of hydrogen-bond donors (Lipinski definition) is 0. The summed E-state index contributed by atoms with van der Waals surface area (Å²) in [5.41, 5.74) is 0.919. The molecule has 0 N–H and O–H groups in total. The van der Waals surface area contributed by atoms with Gasteiger partial charge in [-0.3, -0.25) is 9.59 Å². The third-order valence-corrected chi connectivity index (χ3v) is 6.73. The van der Waals surface area contributed by atoms with Crippen molar-refractivity contribution < 1.29 is 19.1 Å². The summed E-state index contributed by atoms with van der Waals surface area (Å²) in [5.74, 6) is 6.88. The fourth-order valence-corrected chi connectivity index (χ4v) is 4.79. The van der Waals surface area contributed by atoms with Crippen molar-refractivity contribution >= 4 is 11.8 Å². The van der Waals surface area contributed by atoms with Crippen LogP contribution in [0.15, 0.2) is 54.6 Å². The molecule has 2 aromatic carbocycles. The Morgan fingerprint density at radius 1 is 0.875 bits per heavy atom. The molecule has 2 amide bonds. The molecule has 3 heterocycles. The van der Waals surface area contributed by atoms with Gasteiger partial charge in [-0.15, -0.1) is 0 Å². The second kappa shape index (κ2) is 8.58. The fraction of sp³-hybridized carbons (Fsp3) is 0.385. The molecule has 0 bridgehead atoms. The van der Waals surface area contributed by atoms with E-state index in [-0.39, 0.29) is 23.8 Å². The zero-order valence-electron chi connectivity index (χ0n) is 18.0. The van der Waals surface area contributed by atoms with Crippen molar-refractivity contribution in [3.63, 3.8) is 0 Å². The topological polar surface area (TPSA) is 59.1 Å². The normalized spacial score (nSPS) is 21.1. The Kier molecular flexibility index (Phi) is 5.48. The molecule has 3 aliphatic heterocycles. The second-order valence-electron chi connectivity index (χ2n) is 8.78. The zero-order chi connectivity index (χ0) is 22.0. The van der Waals surface area contributed by atoms with E-state index in [1.54, 1.807) is 0 Å². The van der Waals surface area contributed by atoms with Gasteiger partial charge in [-0.2, -0.15) is 0 Å². The van der Waals surface area contributed by atoms with Crippen molar-refractivity contribution in [2.45, 2.75) is 25.4 Å². The van der Waals surface area contributed by atoms with E-state index in [9.17, 15) is 9.59 Å². The molecule has 164 valence electrons. The van der Waals surface area contributed by atoms with Crippen molar-refractivity contribution in [2.75, 3.05) is 32.8 Å². The number of piperidine rings is 1. The van der Waals surface area contributed by atoms with Gasteiger partial charge in [0.05, 0.1) is 0 Å². The average molecular weight is 431 g/mol. The molecule has 1 atom stereocenters. The molecule has 0 saturated carbocycles. The highest BCUT2D eigenvalue weighted by Crippen LogP contribution is 2.41. The van der Waals surface area contributed by atoms with Crippen LogP contribution in [0.3, 0.4) is 0 Å².